The third-order valence-electron chi connectivity index (χ3n) is 12.9. The summed E-state index contributed by atoms with van der Waals surface area (Å²) in [4.78, 5) is 30.6. The minimum absolute atomic E-state index is 0.907. The average Bonchev–Trinajstić information content (AvgIpc) is 3.95. The van der Waals surface area contributed by atoms with Crippen LogP contribution >= 0.6 is 94.1 Å². The molecule has 0 unspecified atom stereocenters. The highest BCUT2D eigenvalue weighted by atomic mass is 32.2. The molecule has 2 aliphatic heterocycles. The molecule has 80 heavy (non-hydrogen) atoms. The van der Waals surface area contributed by atoms with E-state index < -0.39 is 0 Å². The summed E-state index contributed by atoms with van der Waals surface area (Å²) < 4.78 is 7.29. The predicted octanol–water partition coefficient (Wildman–Crippen LogP) is 10.9. The monoisotopic (exact) mass is 1250 g/mol. The maximum absolute atomic E-state index is 5.85. The van der Waals surface area contributed by atoms with Crippen LogP contribution in [0.5, 0.6) is 0 Å². The van der Waals surface area contributed by atoms with Gasteiger partial charge in [-0.1, -0.05) is 0 Å². The van der Waals surface area contributed by atoms with Crippen molar-refractivity contribution in [2.24, 2.45) is 0 Å². The third-order valence-corrected chi connectivity index (χ3v) is 22.2. The number of fused-ring (bicyclic) bond motifs is 8. The van der Waals surface area contributed by atoms with E-state index in [0.29, 0.717) is 0 Å². The number of nitrogens with one attached hydrogen (secondary N) is 2. The van der Waals surface area contributed by atoms with Gasteiger partial charge in [-0.05, 0) is 24.3 Å². The third kappa shape index (κ3) is 24.5. The van der Waals surface area contributed by atoms with Crippen LogP contribution in [0.3, 0.4) is 0 Å². The summed E-state index contributed by atoms with van der Waals surface area (Å²) in [5.74, 6) is 7.98. The minimum Gasteiger partial charge on any atom is -0.354 e. The Labute approximate surface area is 521 Å². The molecule has 8 bridgehead atoms. The van der Waals surface area contributed by atoms with E-state index in [1.807, 2.05) is 94.1 Å². The SMILES string of the molecule is C[N+](C)(C)CCSC1=C(SCC[N+](C)(C)C)c2cc3[nH]c(cc4[nH]c(cc5nc(cc1n2)C(SCC[N+](C)(C)C)=C5SCC[N+](C)(C)C)c(SCC[N+](C)(C)C)c4SCC[N+](C)(C)C)c(SCC[N+](C)(C)C)c3SCC[N+](C)(C)C. The van der Waals surface area contributed by atoms with Gasteiger partial charge in [0.15, 0.2) is 0 Å². The lowest BCUT2D eigenvalue weighted by atomic mass is 10.3. The van der Waals surface area contributed by atoms with Gasteiger partial charge in [0.1, 0.15) is 0 Å². The Morgan fingerprint density at radius 1 is 0.250 bits per heavy atom. The fourth-order valence-corrected chi connectivity index (χ4v) is 19.9. The van der Waals surface area contributed by atoms with Gasteiger partial charge in [-0.15, -0.1) is 94.1 Å². The molecule has 3 aromatic rings. The Bertz CT molecular complexity index is 2590. The van der Waals surface area contributed by atoms with Gasteiger partial charge in [0.05, 0.1) is 266 Å². The molecule has 20 heteroatoms. The molecule has 0 amide bonds. The molecule has 0 atom stereocenters. The summed E-state index contributed by atoms with van der Waals surface area (Å²) in [5.41, 5.74) is 8.82. The zero-order chi connectivity index (χ0) is 59.9. The first-order valence-corrected chi connectivity index (χ1v) is 36.3. The first-order chi connectivity index (χ1) is 36.6. The zero-order valence-corrected chi connectivity index (χ0v) is 60.9. The lowest BCUT2D eigenvalue weighted by Crippen LogP contribution is -2.36. The molecule has 0 aromatic carbocycles. The highest BCUT2D eigenvalue weighted by Crippen LogP contribution is 2.50. The molecule has 0 fully saturated rings. The molecule has 5 rings (SSSR count). The van der Waals surface area contributed by atoms with Crippen molar-refractivity contribution in [2.75, 3.05) is 268 Å². The molecule has 0 aliphatic carbocycles. The number of aromatic nitrogens is 4. The lowest BCUT2D eigenvalue weighted by molar-refractivity contribution is -0.867. The number of thioether (sulfide) groups is 8. The van der Waals surface area contributed by atoms with Crippen molar-refractivity contribution in [1.29, 1.82) is 0 Å². The highest BCUT2D eigenvalue weighted by molar-refractivity contribution is 8.14. The van der Waals surface area contributed by atoms with Crippen LogP contribution in [0, 0.1) is 0 Å². The normalized spacial score (nSPS) is 14.6. The number of quaternary nitrogens is 8. The van der Waals surface area contributed by atoms with E-state index in [-0.39, 0.29) is 0 Å². The van der Waals surface area contributed by atoms with Crippen molar-refractivity contribution in [3.05, 3.63) is 47.0 Å². The number of aromatic amines is 2. The maximum Gasteiger partial charge on any atom is 0.0876 e. The topological polar surface area (TPSA) is 57.4 Å². The summed E-state index contributed by atoms with van der Waals surface area (Å²) >= 11 is 16.0. The molecular formula is C60H110N12S8+8. The molecule has 450 valence electrons. The summed E-state index contributed by atoms with van der Waals surface area (Å²) in [6.45, 7) is 8.41. The van der Waals surface area contributed by atoms with Gasteiger partial charge < -0.3 is 45.8 Å². The fourth-order valence-electron chi connectivity index (χ4n) is 7.78. The molecule has 3 aromatic heterocycles. The Morgan fingerprint density at radius 2 is 0.425 bits per heavy atom. The molecule has 2 N–H and O–H groups in total. The summed E-state index contributed by atoms with van der Waals surface area (Å²) in [5, 5.41) is 0. The quantitative estimate of drug-likeness (QED) is 0.0467. The van der Waals surface area contributed by atoms with Crippen LogP contribution in [0.25, 0.3) is 41.7 Å². The molecule has 12 nitrogen and oxygen atoms in total. The van der Waals surface area contributed by atoms with Crippen molar-refractivity contribution in [3.63, 3.8) is 0 Å². The van der Waals surface area contributed by atoms with Crippen LogP contribution in [0.15, 0.2) is 43.8 Å². The molecule has 2 aliphatic rings. The first kappa shape index (κ1) is 69.8. The van der Waals surface area contributed by atoms with E-state index in [1.54, 1.807) is 0 Å². The van der Waals surface area contributed by atoms with Crippen molar-refractivity contribution >= 4 is 136 Å². The molecule has 0 saturated heterocycles. The van der Waals surface area contributed by atoms with Crippen molar-refractivity contribution in [2.45, 2.75) is 19.6 Å². The van der Waals surface area contributed by atoms with Gasteiger partial charge in [0.25, 0.3) is 0 Å². The van der Waals surface area contributed by atoms with E-state index in [4.69, 9.17) is 9.97 Å². The Kier molecular flexibility index (Phi) is 25.1. The second kappa shape index (κ2) is 28.7. The smallest absolute Gasteiger partial charge is 0.0876 e. The van der Waals surface area contributed by atoms with Crippen LogP contribution in [0.2, 0.25) is 0 Å². The summed E-state index contributed by atoms with van der Waals surface area (Å²) in [6.07, 6.45) is 0. The fraction of sp³-hybridized carbons (Fsp3) is 0.667. The van der Waals surface area contributed by atoms with Gasteiger partial charge >= 0.3 is 0 Å². The number of nitrogens with zero attached hydrogens (tertiary/aromatic N) is 10. The van der Waals surface area contributed by atoms with Crippen LogP contribution in [-0.4, -0.2) is 323 Å². The first-order valence-electron chi connectivity index (χ1n) is 28.4. The van der Waals surface area contributed by atoms with E-state index in [2.05, 4.69) is 203 Å². The van der Waals surface area contributed by atoms with Crippen LogP contribution < -0.4 is 0 Å². The van der Waals surface area contributed by atoms with Crippen LogP contribution in [-0.2, 0) is 0 Å². The van der Waals surface area contributed by atoms with Crippen molar-refractivity contribution in [1.82, 2.24) is 19.9 Å². The van der Waals surface area contributed by atoms with Crippen LogP contribution in [0.1, 0.15) is 22.8 Å². The van der Waals surface area contributed by atoms with E-state index in [9.17, 15) is 0 Å². The standard InChI is InChI=1S/C60H110N12S8/c1-65(2,3)25-33-73-53-45-41-47-55(75-35-27-67(7,8)9)57(77-37-29-69(13,14)15)49(62-47)43-51-59(79-39-31-71(19,20)21)60(80-40-32-72(22,23)24)52(64-51)44-50-58(78-38-30-70(16,17)18)56(76-36-28-68(10,11)12)48(63-50)42-46(61-45)54(53)74-34-26-66(4,5)6/h41-44,61-62H,25-40H2,1-24H3/q+8. The highest BCUT2D eigenvalue weighted by Gasteiger charge is 2.29. The Balaban J connectivity index is 2.06. The number of H-pyrrole nitrogens is 2. The Morgan fingerprint density at radius 3 is 0.625 bits per heavy atom. The van der Waals surface area contributed by atoms with Gasteiger partial charge in [-0.3, -0.25) is 0 Å². The van der Waals surface area contributed by atoms with Crippen molar-refractivity contribution < 1.29 is 35.9 Å². The van der Waals surface area contributed by atoms with E-state index >= 15 is 0 Å². The lowest BCUT2D eigenvalue weighted by Gasteiger charge is -2.24. The second-order valence-corrected chi connectivity index (χ2v) is 38.6. The molecular weight excluding hydrogens is 1150 g/mol. The average molecular weight is 1260 g/mol. The maximum atomic E-state index is 5.85. The van der Waals surface area contributed by atoms with E-state index in [0.717, 1.165) is 168 Å². The van der Waals surface area contributed by atoms with E-state index in [1.165, 1.54) is 50.2 Å². The largest absolute Gasteiger partial charge is 0.354 e. The van der Waals surface area contributed by atoms with Gasteiger partial charge in [-0.2, -0.15) is 0 Å². The molecule has 5 heterocycles. The minimum atomic E-state index is 0.907. The predicted molar refractivity (Wildman–Crippen MR) is 371 cm³/mol. The Hall–Kier alpha value is -0.920. The number of rotatable bonds is 32. The zero-order valence-electron chi connectivity index (χ0n) is 54.4. The van der Waals surface area contributed by atoms with Crippen molar-refractivity contribution in [3.8, 4) is 0 Å². The van der Waals surface area contributed by atoms with Gasteiger partial charge in [-0.25, -0.2) is 9.97 Å². The van der Waals surface area contributed by atoms with Crippen LogP contribution in [0.4, 0.5) is 0 Å². The molecule has 0 radical (unpaired) electrons. The summed E-state index contributed by atoms with van der Waals surface area (Å²) in [7, 11) is 55.5. The second-order valence-electron chi connectivity index (χ2n) is 29.8. The molecule has 0 saturated carbocycles. The molecule has 0 spiro atoms. The van der Waals surface area contributed by atoms with Gasteiger partial charge in [0.2, 0.25) is 0 Å². The summed E-state index contributed by atoms with van der Waals surface area (Å²) in [6, 6.07) is 9.72. The number of hydrogen-bond acceptors (Lipinski definition) is 10. The van der Waals surface area contributed by atoms with Gasteiger partial charge in [0, 0.05) is 85.2 Å². The number of hydrogen-bond donors (Lipinski definition) is 2.